The maximum absolute atomic E-state index is 9.62. The maximum atomic E-state index is 9.62. The molecule has 0 amide bonds. The summed E-state index contributed by atoms with van der Waals surface area (Å²) in [5.74, 6) is 1.19. The smallest absolute Gasteiger partial charge is 0.115 e. The monoisotopic (exact) mass is 246 g/mol. The van der Waals surface area contributed by atoms with Crippen LogP contribution >= 0.6 is 0 Å². The highest BCUT2D eigenvalue weighted by atomic mass is 16.3. The Morgan fingerprint density at radius 2 is 2.28 bits per heavy atom. The van der Waals surface area contributed by atoms with Gasteiger partial charge in [0.2, 0.25) is 0 Å². The van der Waals surface area contributed by atoms with Crippen LogP contribution in [0.3, 0.4) is 0 Å². The quantitative estimate of drug-likeness (QED) is 0.839. The molecule has 3 heteroatoms. The van der Waals surface area contributed by atoms with Gasteiger partial charge >= 0.3 is 0 Å². The Kier molecular flexibility index (Phi) is 3.27. The fourth-order valence-electron chi connectivity index (χ4n) is 3.56. The highest BCUT2D eigenvalue weighted by molar-refractivity contribution is 5.29. The van der Waals surface area contributed by atoms with Crippen LogP contribution in [0.4, 0.5) is 0 Å². The molecule has 2 fully saturated rings. The van der Waals surface area contributed by atoms with E-state index in [2.05, 4.69) is 23.2 Å². The first-order valence-electron chi connectivity index (χ1n) is 7.01. The molecule has 0 bridgehead atoms. The fourth-order valence-corrected chi connectivity index (χ4v) is 3.56. The predicted octanol–water partition coefficient (Wildman–Crippen LogP) is 2.14. The van der Waals surface area contributed by atoms with Gasteiger partial charge in [-0.15, -0.1) is 0 Å². The molecule has 3 rings (SSSR count). The van der Waals surface area contributed by atoms with Gasteiger partial charge in [-0.3, -0.25) is 4.90 Å². The van der Waals surface area contributed by atoms with Gasteiger partial charge in [-0.25, -0.2) is 0 Å². The first kappa shape index (κ1) is 12.0. The third-order valence-corrected chi connectivity index (χ3v) is 4.57. The summed E-state index contributed by atoms with van der Waals surface area (Å²) in [6.07, 6.45) is 2.66. The van der Waals surface area contributed by atoms with Crippen LogP contribution in [0, 0.1) is 5.92 Å². The van der Waals surface area contributed by atoms with Gasteiger partial charge in [-0.05, 0) is 56.5 Å². The van der Waals surface area contributed by atoms with E-state index in [9.17, 15) is 5.11 Å². The van der Waals surface area contributed by atoms with Crippen molar-refractivity contribution >= 4 is 0 Å². The highest BCUT2D eigenvalue weighted by Gasteiger charge is 2.37. The zero-order valence-electron chi connectivity index (χ0n) is 11.0. The van der Waals surface area contributed by atoms with Crippen molar-refractivity contribution in [2.24, 2.45) is 5.92 Å². The molecule has 1 aromatic rings. The lowest BCUT2D eigenvalue weighted by atomic mass is 9.89. The lowest BCUT2D eigenvalue weighted by Crippen LogP contribution is -2.46. The van der Waals surface area contributed by atoms with Crippen molar-refractivity contribution in [3.05, 3.63) is 29.8 Å². The SMILES string of the molecule is CC(c1cccc(O)c1)N1CCCC2CNCC21. The molecule has 2 saturated heterocycles. The zero-order valence-corrected chi connectivity index (χ0v) is 11.0. The number of fused-ring (bicyclic) bond motifs is 1. The number of hydrogen-bond acceptors (Lipinski definition) is 3. The summed E-state index contributed by atoms with van der Waals surface area (Å²) in [7, 11) is 0. The van der Waals surface area contributed by atoms with Crippen molar-refractivity contribution in [1.29, 1.82) is 0 Å². The number of rotatable bonds is 2. The van der Waals surface area contributed by atoms with Gasteiger partial charge in [0.25, 0.3) is 0 Å². The van der Waals surface area contributed by atoms with Crippen LogP contribution in [0.2, 0.25) is 0 Å². The fraction of sp³-hybridized carbons (Fsp3) is 0.600. The molecular formula is C15H22N2O. The summed E-state index contributed by atoms with van der Waals surface area (Å²) >= 11 is 0. The Balaban J connectivity index is 1.80. The third kappa shape index (κ3) is 2.13. The first-order chi connectivity index (χ1) is 8.75. The van der Waals surface area contributed by atoms with Crippen LogP contribution in [-0.4, -0.2) is 35.7 Å². The lowest BCUT2D eigenvalue weighted by molar-refractivity contribution is 0.0846. The lowest BCUT2D eigenvalue weighted by Gasteiger charge is -2.41. The molecule has 0 aromatic heterocycles. The number of phenolic OH excluding ortho intramolecular Hbond substituents is 1. The Hall–Kier alpha value is -1.06. The van der Waals surface area contributed by atoms with E-state index in [1.807, 2.05) is 12.1 Å². The van der Waals surface area contributed by atoms with E-state index in [-0.39, 0.29) is 0 Å². The Morgan fingerprint density at radius 3 is 3.11 bits per heavy atom. The minimum Gasteiger partial charge on any atom is -0.508 e. The van der Waals surface area contributed by atoms with Gasteiger partial charge in [0.05, 0.1) is 0 Å². The van der Waals surface area contributed by atoms with Crippen LogP contribution in [0.1, 0.15) is 31.4 Å². The van der Waals surface area contributed by atoms with Crippen molar-refractivity contribution in [1.82, 2.24) is 10.2 Å². The molecule has 0 saturated carbocycles. The number of nitrogens with one attached hydrogen (secondary N) is 1. The number of nitrogens with zero attached hydrogens (tertiary/aromatic N) is 1. The van der Waals surface area contributed by atoms with Crippen LogP contribution in [0.15, 0.2) is 24.3 Å². The summed E-state index contributed by atoms with van der Waals surface area (Å²) in [5, 5.41) is 13.1. The molecule has 0 aliphatic carbocycles. The predicted molar refractivity (Wildman–Crippen MR) is 72.6 cm³/mol. The van der Waals surface area contributed by atoms with Gasteiger partial charge < -0.3 is 10.4 Å². The standard InChI is InChI=1S/C15H22N2O/c1-11(12-4-2-6-14(18)8-12)17-7-3-5-13-9-16-10-15(13)17/h2,4,6,8,11,13,15-16,18H,3,5,7,9-10H2,1H3. The summed E-state index contributed by atoms with van der Waals surface area (Å²) in [4.78, 5) is 2.61. The zero-order chi connectivity index (χ0) is 12.5. The molecule has 2 aliphatic heterocycles. The molecule has 0 spiro atoms. The van der Waals surface area contributed by atoms with Crippen LogP contribution < -0.4 is 5.32 Å². The minimum atomic E-state index is 0.373. The van der Waals surface area contributed by atoms with E-state index < -0.39 is 0 Å². The molecule has 2 aliphatic rings. The van der Waals surface area contributed by atoms with Crippen LogP contribution in [0.5, 0.6) is 5.75 Å². The number of hydrogen-bond donors (Lipinski definition) is 2. The van der Waals surface area contributed by atoms with Gasteiger partial charge in [-0.1, -0.05) is 12.1 Å². The highest BCUT2D eigenvalue weighted by Crippen LogP contribution is 2.33. The molecule has 2 heterocycles. The van der Waals surface area contributed by atoms with Crippen molar-refractivity contribution in [2.75, 3.05) is 19.6 Å². The molecule has 3 atom stereocenters. The topological polar surface area (TPSA) is 35.5 Å². The Labute approximate surface area is 109 Å². The molecule has 18 heavy (non-hydrogen) atoms. The van der Waals surface area contributed by atoms with Crippen molar-refractivity contribution in [3.63, 3.8) is 0 Å². The normalized spacial score (nSPS) is 30.1. The van der Waals surface area contributed by atoms with Gasteiger partial charge in [0.15, 0.2) is 0 Å². The van der Waals surface area contributed by atoms with Crippen molar-refractivity contribution in [3.8, 4) is 5.75 Å². The molecule has 2 N–H and O–H groups in total. The Bertz CT molecular complexity index is 421. The Morgan fingerprint density at radius 1 is 1.39 bits per heavy atom. The van der Waals surface area contributed by atoms with E-state index in [0.29, 0.717) is 17.8 Å². The molecule has 1 aromatic carbocycles. The van der Waals surface area contributed by atoms with E-state index in [1.54, 1.807) is 6.07 Å². The summed E-state index contributed by atoms with van der Waals surface area (Å²) < 4.78 is 0. The van der Waals surface area contributed by atoms with Gasteiger partial charge in [0.1, 0.15) is 5.75 Å². The van der Waals surface area contributed by atoms with Gasteiger partial charge in [-0.2, -0.15) is 0 Å². The first-order valence-corrected chi connectivity index (χ1v) is 7.01. The number of piperidine rings is 1. The second-order valence-electron chi connectivity index (χ2n) is 5.64. The summed E-state index contributed by atoms with van der Waals surface area (Å²) in [6.45, 7) is 5.73. The van der Waals surface area contributed by atoms with Crippen molar-refractivity contribution in [2.45, 2.75) is 31.8 Å². The maximum Gasteiger partial charge on any atom is 0.115 e. The largest absolute Gasteiger partial charge is 0.508 e. The average Bonchev–Trinajstić information content (AvgIpc) is 2.86. The minimum absolute atomic E-state index is 0.373. The number of benzene rings is 1. The number of aromatic hydroxyl groups is 1. The third-order valence-electron chi connectivity index (χ3n) is 4.57. The van der Waals surface area contributed by atoms with Gasteiger partial charge in [0, 0.05) is 18.6 Å². The van der Waals surface area contributed by atoms with E-state index in [4.69, 9.17) is 0 Å². The van der Waals surface area contributed by atoms with E-state index in [1.165, 1.54) is 31.5 Å². The van der Waals surface area contributed by atoms with E-state index >= 15 is 0 Å². The molecule has 3 nitrogen and oxygen atoms in total. The van der Waals surface area contributed by atoms with E-state index in [0.717, 1.165) is 12.5 Å². The average molecular weight is 246 g/mol. The molecule has 98 valence electrons. The summed E-state index contributed by atoms with van der Waals surface area (Å²) in [6, 6.07) is 8.77. The summed E-state index contributed by atoms with van der Waals surface area (Å²) in [5.41, 5.74) is 1.22. The second-order valence-corrected chi connectivity index (χ2v) is 5.64. The second kappa shape index (κ2) is 4.90. The number of phenols is 1. The molecular weight excluding hydrogens is 224 g/mol. The molecule has 3 unspecified atom stereocenters. The van der Waals surface area contributed by atoms with Crippen LogP contribution in [0.25, 0.3) is 0 Å². The molecule has 0 radical (unpaired) electrons. The number of likely N-dealkylation sites (tertiary alicyclic amines) is 1. The van der Waals surface area contributed by atoms with Crippen molar-refractivity contribution < 1.29 is 5.11 Å². The van der Waals surface area contributed by atoms with Crippen LogP contribution in [-0.2, 0) is 0 Å².